The molecule has 0 unspecified atom stereocenters. The van der Waals surface area contributed by atoms with E-state index in [-0.39, 0.29) is 7.92 Å². The predicted molar refractivity (Wildman–Crippen MR) is 32.7 cm³/mol. The highest BCUT2D eigenvalue weighted by atomic mass is 31.1. The third kappa shape index (κ3) is 4.39. The molecule has 6 heavy (non-hydrogen) atoms. The van der Waals surface area contributed by atoms with Crippen LogP contribution in [0.15, 0.2) is 0 Å². The Morgan fingerprint density at radius 1 is 1.50 bits per heavy atom. The molecule has 0 aromatic carbocycles. The highest BCUT2D eigenvalue weighted by Crippen LogP contribution is 2.20. The summed E-state index contributed by atoms with van der Waals surface area (Å²) in [5.74, 6) is 0. The van der Waals surface area contributed by atoms with Crippen molar-refractivity contribution in [2.45, 2.75) is 0 Å². The molecule has 0 heterocycles. The highest BCUT2D eigenvalue weighted by molar-refractivity contribution is 7.55. The van der Waals surface area contributed by atoms with Crippen LogP contribution < -0.4 is 5.32 Å². The lowest BCUT2D eigenvalue weighted by atomic mass is 11.3. The Hall–Kier alpha value is 0.390. The van der Waals surface area contributed by atoms with E-state index in [1.807, 2.05) is 7.05 Å². The highest BCUT2D eigenvalue weighted by Gasteiger charge is 1.82. The summed E-state index contributed by atoms with van der Waals surface area (Å²) >= 11 is 0. The molecule has 0 radical (unpaired) electrons. The van der Waals surface area contributed by atoms with E-state index in [2.05, 4.69) is 18.6 Å². The summed E-state index contributed by atoms with van der Waals surface area (Å²) in [6.45, 7) is 4.51. The second-order valence-corrected chi connectivity index (χ2v) is 4.07. The second-order valence-electron chi connectivity index (χ2n) is 1.59. The first-order valence-corrected chi connectivity index (χ1v) is 4.49. The van der Waals surface area contributed by atoms with Crippen LogP contribution in [-0.2, 0) is 0 Å². The van der Waals surface area contributed by atoms with Crippen LogP contribution in [0.4, 0.5) is 0 Å². The van der Waals surface area contributed by atoms with Crippen LogP contribution in [0.5, 0.6) is 0 Å². The maximum atomic E-state index is 3.10. The minimum absolute atomic E-state index is 0.288. The quantitative estimate of drug-likeness (QED) is 0.514. The van der Waals surface area contributed by atoms with Crippen LogP contribution in [-0.4, -0.2) is 26.7 Å². The van der Waals surface area contributed by atoms with Gasteiger partial charge < -0.3 is 5.32 Å². The fraction of sp³-hybridized carbons (Fsp3) is 1.00. The number of nitrogens with one attached hydrogen (secondary N) is 1. The van der Waals surface area contributed by atoms with Gasteiger partial charge in [0.1, 0.15) is 0 Å². The number of hydrogen-bond donors (Lipinski definition) is 1. The van der Waals surface area contributed by atoms with Gasteiger partial charge in [-0.25, -0.2) is 0 Å². The Morgan fingerprint density at radius 3 is 2.00 bits per heavy atom. The molecule has 0 atom stereocenters. The minimum Gasteiger partial charge on any atom is -0.316 e. The lowest BCUT2D eigenvalue weighted by Gasteiger charge is -1.99. The maximum absolute atomic E-state index is 3.10. The molecule has 0 aliphatic carbocycles. The first-order valence-electron chi connectivity index (χ1n) is 2.06. The van der Waals surface area contributed by atoms with E-state index in [0.717, 1.165) is 0 Å². The van der Waals surface area contributed by atoms with Crippen molar-refractivity contribution >= 4 is 7.92 Å². The van der Waals surface area contributed by atoms with Gasteiger partial charge in [-0.2, -0.15) is 0 Å². The van der Waals surface area contributed by atoms with Crippen molar-refractivity contribution in [2.24, 2.45) is 0 Å². The normalized spacial score (nSPS) is 10.0. The van der Waals surface area contributed by atoms with Crippen LogP contribution >= 0.6 is 7.92 Å². The van der Waals surface area contributed by atoms with Gasteiger partial charge >= 0.3 is 0 Å². The molecule has 0 aliphatic rings. The van der Waals surface area contributed by atoms with Crippen molar-refractivity contribution in [3.05, 3.63) is 0 Å². The van der Waals surface area contributed by atoms with E-state index in [0.29, 0.717) is 0 Å². The average Bonchev–Trinajstić information content (AvgIpc) is 1.35. The smallest absolute Gasteiger partial charge is 0.0147 e. The Labute approximate surface area is 40.9 Å². The van der Waals surface area contributed by atoms with Gasteiger partial charge in [0.05, 0.1) is 0 Å². The average molecular weight is 105 g/mol. The molecule has 1 N–H and O–H groups in total. The van der Waals surface area contributed by atoms with Crippen LogP contribution in [0.25, 0.3) is 0 Å². The molecule has 0 saturated heterocycles. The van der Waals surface area contributed by atoms with Crippen LogP contribution in [0.3, 0.4) is 0 Å². The van der Waals surface area contributed by atoms with Gasteiger partial charge in [-0.3, -0.25) is 0 Å². The Balaban J connectivity index is 2.63. The van der Waals surface area contributed by atoms with Gasteiger partial charge in [0, 0.05) is 6.29 Å². The Bertz CT molecular complexity index is 28.7. The third-order valence-corrected chi connectivity index (χ3v) is 1.42. The van der Waals surface area contributed by atoms with E-state index in [9.17, 15) is 0 Å². The van der Waals surface area contributed by atoms with Crippen molar-refractivity contribution in [3.63, 3.8) is 0 Å². The number of rotatable bonds is 2. The van der Waals surface area contributed by atoms with E-state index in [1.54, 1.807) is 0 Å². The lowest BCUT2D eigenvalue weighted by molar-refractivity contribution is 0.975. The molecule has 0 spiro atoms. The molecule has 1 nitrogen and oxygen atoms in total. The monoisotopic (exact) mass is 105 g/mol. The van der Waals surface area contributed by atoms with Crippen LogP contribution in [0.2, 0.25) is 0 Å². The summed E-state index contributed by atoms with van der Waals surface area (Å²) in [4.78, 5) is 0. The summed E-state index contributed by atoms with van der Waals surface area (Å²) in [5, 5.41) is 3.10. The zero-order chi connectivity index (χ0) is 4.99. The van der Waals surface area contributed by atoms with Gasteiger partial charge in [-0.15, -0.1) is 0 Å². The molecule has 0 aliphatic heterocycles. The lowest BCUT2D eigenvalue weighted by Crippen LogP contribution is -2.04. The Morgan fingerprint density at radius 2 is 2.00 bits per heavy atom. The second kappa shape index (κ2) is 3.58. The van der Waals surface area contributed by atoms with E-state index in [1.165, 1.54) is 6.29 Å². The van der Waals surface area contributed by atoms with Gasteiger partial charge in [0.15, 0.2) is 0 Å². The summed E-state index contributed by atoms with van der Waals surface area (Å²) in [5.41, 5.74) is 0. The summed E-state index contributed by atoms with van der Waals surface area (Å²) in [6, 6.07) is 0. The van der Waals surface area contributed by atoms with Gasteiger partial charge in [0.25, 0.3) is 0 Å². The molecule has 0 bridgehead atoms. The third-order valence-electron chi connectivity index (χ3n) is 0.474. The topological polar surface area (TPSA) is 12.0 Å². The standard InChI is InChI=1S/C4H12NP/c1-5-4-6(2)3/h5H,4H2,1-3H3. The van der Waals surface area contributed by atoms with Crippen molar-refractivity contribution in [1.29, 1.82) is 0 Å². The first kappa shape index (κ1) is 6.39. The molecule has 0 rings (SSSR count). The maximum Gasteiger partial charge on any atom is 0.0147 e. The largest absolute Gasteiger partial charge is 0.316 e. The molecule has 38 valence electrons. The summed E-state index contributed by atoms with van der Waals surface area (Å²) in [7, 11) is 2.28. The first-order chi connectivity index (χ1) is 2.77. The minimum atomic E-state index is 0.288. The zero-order valence-corrected chi connectivity index (χ0v) is 5.55. The molecule has 0 amide bonds. The predicted octanol–water partition coefficient (Wildman–Crippen LogP) is 0.905. The van der Waals surface area contributed by atoms with E-state index < -0.39 is 0 Å². The van der Waals surface area contributed by atoms with E-state index in [4.69, 9.17) is 0 Å². The Kier molecular flexibility index (Phi) is 3.81. The zero-order valence-electron chi connectivity index (χ0n) is 4.65. The van der Waals surface area contributed by atoms with Crippen molar-refractivity contribution in [2.75, 3.05) is 26.7 Å². The molecule has 2 heteroatoms. The van der Waals surface area contributed by atoms with Gasteiger partial charge in [-0.1, -0.05) is 7.92 Å². The van der Waals surface area contributed by atoms with Crippen LogP contribution in [0, 0.1) is 0 Å². The molecule has 0 fully saturated rings. The fourth-order valence-corrected chi connectivity index (χ4v) is 0.949. The molecular weight excluding hydrogens is 93.0 g/mol. The van der Waals surface area contributed by atoms with Gasteiger partial charge in [-0.05, 0) is 20.4 Å². The van der Waals surface area contributed by atoms with Gasteiger partial charge in [0.2, 0.25) is 0 Å². The molecule has 0 saturated carbocycles. The molecular formula is C4H12NP. The molecule has 0 aromatic rings. The van der Waals surface area contributed by atoms with Crippen molar-refractivity contribution in [1.82, 2.24) is 5.32 Å². The fourth-order valence-electron chi connectivity index (χ4n) is 0.316. The number of hydrogen-bond acceptors (Lipinski definition) is 1. The molecule has 0 aromatic heterocycles. The summed E-state index contributed by atoms with van der Waals surface area (Å²) < 4.78 is 0. The summed E-state index contributed by atoms with van der Waals surface area (Å²) in [6.07, 6.45) is 1.19. The van der Waals surface area contributed by atoms with Crippen molar-refractivity contribution < 1.29 is 0 Å². The van der Waals surface area contributed by atoms with Crippen molar-refractivity contribution in [3.8, 4) is 0 Å². The van der Waals surface area contributed by atoms with E-state index >= 15 is 0 Å². The van der Waals surface area contributed by atoms with Crippen LogP contribution in [0.1, 0.15) is 0 Å². The SMILES string of the molecule is CNCP(C)C.